The van der Waals surface area contributed by atoms with E-state index in [1.165, 1.54) is 12.8 Å². The fourth-order valence-electron chi connectivity index (χ4n) is 2.60. The lowest BCUT2D eigenvalue weighted by atomic mass is 10.0. The van der Waals surface area contributed by atoms with Gasteiger partial charge in [-0.05, 0) is 38.8 Å². The van der Waals surface area contributed by atoms with Gasteiger partial charge in [-0.1, -0.05) is 25.6 Å². The largest absolute Gasteiger partial charge is 0.392 e. The molecule has 0 amide bonds. The zero-order chi connectivity index (χ0) is 13.8. The van der Waals surface area contributed by atoms with Gasteiger partial charge in [0.1, 0.15) is 0 Å². The number of rotatable bonds is 5. The third-order valence-corrected chi connectivity index (χ3v) is 4.29. The number of aromatic nitrogens is 2. The van der Waals surface area contributed by atoms with Crippen molar-refractivity contribution in [2.75, 3.05) is 6.54 Å². The van der Waals surface area contributed by atoms with Crippen molar-refractivity contribution in [2.45, 2.75) is 58.2 Å². The first-order valence-electron chi connectivity index (χ1n) is 7.19. The predicted molar refractivity (Wildman–Crippen MR) is 82.1 cm³/mol. The zero-order valence-electron chi connectivity index (χ0n) is 11.9. The average molecular weight is 280 g/mol. The summed E-state index contributed by atoms with van der Waals surface area (Å²) in [6, 6.07) is 2.82. The van der Waals surface area contributed by atoms with Crippen LogP contribution in [0.2, 0.25) is 0 Å². The van der Waals surface area contributed by atoms with Crippen LogP contribution >= 0.6 is 12.2 Å². The first-order valence-corrected chi connectivity index (χ1v) is 7.60. The summed E-state index contributed by atoms with van der Waals surface area (Å²) < 4.78 is 2.05. The molecule has 0 radical (unpaired) electrons. The Morgan fingerprint density at radius 1 is 1.58 bits per heavy atom. The van der Waals surface area contributed by atoms with Crippen molar-refractivity contribution in [3.63, 3.8) is 0 Å². The van der Waals surface area contributed by atoms with E-state index in [-0.39, 0.29) is 6.04 Å². The number of nitrogens with two attached hydrogens (primary N) is 1. The van der Waals surface area contributed by atoms with Gasteiger partial charge in [-0.15, -0.1) is 0 Å². The van der Waals surface area contributed by atoms with Crippen LogP contribution in [0.3, 0.4) is 0 Å². The molecule has 2 unspecified atom stereocenters. The highest BCUT2D eigenvalue weighted by atomic mass is 32.1. The maximum atomic E-state index is 5.85. The van der Waals surface area contributed by atoms with Crippen LogP contribution in [0, 0.1) is 0 Å². The number of piperidine rings is 1. The van der Waals surface area contributed by atoms with Crippen molar-refractivity contribution in [3.05, 3.63) is 18.0 Å². The van der Waals surface area contributed by atoms with Crippen LogP contribution in [0.5, 0.6) is 0 Å². The van der Waals surface area contributed by atoms with Gasteiger partial charge in [0.05, 0.1) is 16.7 Å². The predicted octanol–water partition coefficient (Wildman–Crippen LogP) is 2.49. The van der Waals surface area contributed by atoms with Crippen molar-refractivity contribution in [1.29, 1.82) is 0 Å². The quantitative estimate of drug-likeness (QED) is 0.842. The summed E-state index contributed by atoms with van der Waals surface area (Å²) >= 11 is 5.18. The highest BCUT2D eigenvalue weighted by Crippen LogP contribution is 2.20. The number of thiocarbonyl (C=S) groups is 1. The number of nitrogens with zero attached hydrogens (tertiary/aromatic N) is 3. The Morgan fingerprint density at radius 2 is 2.37 bits per heavy atom. The van der Waals surface area contributed by atoms with Crippen molar-refractivity contribution in [3.8, 4) is 0 Å². The van der Waals surface area contributed by atoms with Gasteiger partial charge < -0.3 is 5.73 Å². The van der Waals surface area contributed by atoms with Gasteiger partial charge in [-0.3, -0.25) is 9.58 Å². The van der Waals surface area contributed by atoms with Crippen LogP contribution in [0.1, 0.15) is 51.3 Å². The fraction of sp³-hybridized carbons (Fsp3) is 0.714. The summed E-state index contributed by atoms with van der Waals surface area (Å²) in [5, 5.41) is 4.66. The molecule has 19 heavy (non-hydrogen) atoms. The monoisotopic (exact) mass is 280 g/mol. The Balaban J connectivity index is 2.02. The van der Waals surface area contributed by atoms with Gasteiger partial charge in [-0.25, -0.2) is 0 Å². The molecule has 2 rings (SSSR count). The Hall–Kier alpha value is -0.940. The highest BCUT2D eigenvalue weighted by molar-refractivity contribution is 7.80. The second kappa shape index (κ2) is 6.48. The maximum absolute atomic E-state index is 5.85. The molecule has 0 saturated carbocycles. The smallest absolute Gasteiger partial charge is 0.0902 e. The SMILES string of the molecule is CCC(C)n1ccc(CN2CCCCC2C(N)=S)n1. The third kappa shape index (κ3) is 3.54. The van der Waals surface area contributed by atoms with E-state index in [1.807, 2.05) is 0 Å². The van der Waals surface area contributed by atoms with Gasteiger partial charge in [0.15, 0.2) is 0 Å². The summed E-state index contributed by atoms with van der Waals surface area (Å²) in [4.78, 5) is 3.00. The normalized spacial score (nSPS) is 22.3. The Labute approximate surface area is 121 Å². The Bertz CT molecular complexity index is 429. The topological polar surface area (TPSA) is 47.1 Å². The van der Waals surface area contributed by atoms with Crippen LogP contribution in [-0.4, -0.2) is 32.3 Å². The standard InChI is InChI=1S/C14H24N4S/c1-3-11(2)18-9-7-12(16-18)10-17-8-5-4-6-13(17)14(15)19/h7,9,11,13H,3-6,8,10H2,1-2H3,(H2,15,19). The molecular formula is C14H24N4S. The summed E-state index contributed by atoms with van der Waals surface area (Å²) in [7, 11) is 0. The lowest BCUT2D eigenvalue weighted by Crippen LogP contribution is -2.46. The zero-order valence-corrected chi connectivity index (χ0v) is 12.7. The van der Waals surface area contributed by atoms with E-state index >= 15 is 0 Å². The van der Waals surface area contributed by atoms with Crippen molar-refractivity contribution < 1.29 is 0 Å². The van der Waals surface area contributed by atoms with Gasteiger partial charge in [0, 0.05) is 18.8 Å². The molecule has 1 aromatic rings. The van der Waals surface area contributed by atoms with E-state index in [0.29, 0.717) is 11.0 Å². The van der Waals surface area contributed by atoms with Gasteiger partial charge in [0.2, 0.25) is 0 Å². The van der Waals surface area contributed by atoms with Crippen molar-refractivity contribution >= 4 is 17.2 Å². The lowest BCUT2D eigenvalue weighted by molar-refractivity contribution is 0.182. The van der Waals surface area contributed by atoms with Crippen LogP contribution in [0.25, 0.3) is 0 Å². The molecule has 0 bridgehead atoms. The molecule has 5 heteroatoms. The Kier molecular flexibility index (Phi) is 4.93. The van der Waals surface area contributed by atoms with Gasteiger partial charge >= 0.3 is 0 Å². The minimum Gasteiger partial charge on any atom is -0.392 e. The van der Waals surface area contributed by atoms with Crippen LogP contribution in [0.15, 0.2) is 12.3 Å². The van der Waals surface area contributed by atoms with E-state index < -0.39 is 0 Å². The average Bonchev–Trinajstić information content (AvgIpc) is 2.86. The van der Waals surface area contributed by atoms with E-state index in [1.54, 1.807) is 0 Å². The molecule has 0 spiro atoms. The van der Waals surface area contributed by atoms with Crippen LogP contribution in [-0.2, 0) is 6.54 Å². The highest BCUT2D eigenvalue weighted by Gasteiger charge is 2.25. The molecule has 106 valence electrons. The number of hydrogen-bond donors (Lipinski definition) is 1. The first kappa shape index (κ1) is 14.5. The van der Waals surface area contributed by atoms with E-state index in [4.69, 9.17) is 18.0 Å². The molecule has 1 aliphatic rings. The lowest BCUT2D eigenvalue weighted by Gasteiger charge is -2.34. The number of hydrogen-bond acceptors (Lipinski definition) is 3. The summed E-state index contributed by atoms with van der Waals surface area (Å²) in [6.07, 6.45) is 6.70. The maximum Gasteiger partial charge on any atom is 0.0902 e. The van der Waals surface area contributed by atoms with Gasteiger partial charge in [-0.2, -0.15) is 5.10 Å². The van der Waals surface area contributed by atoms with E-state index in [0.717, 1.165) is 31.6 Å². The molecule has 1 saturated heterocycles. The second-order valence-corrected chi connectivity index (χ2v) is 5.90. The first-order chi connectivity index (χ1) is 9.11. The molecule has 4 nitrogen and oxygen atoms in total. The molecule has 2 heterocycles. The summed E-state index contributed by atoms with van der Waals surface area (Å²) in [5.41, 5.74) is 6.96. The third-order valence-electron chi connectivity index (χ3n) is 4.01. The Morgan fingerprint density at radius 3 is 3.05 bits per heavy atom. The second-order valence-electron chi connectivity index (χ2n) is 5.43. The molecule has 0 aliphatic carbocycles. The van der Waals surface area contributed by atoms with Crippen molar-refractivity contribution in [2.24, 2.45) is 5.73 Å². The molecule has 0 aromatic carbocycles. The molecule has 2 atom stereocenters. The minimum atomic E-state index is 0.248. The van der Waals surface area contributed by atoms with Crippen LogP contribution in [0.4, 0.5) is 0 Å². The number of likely N-dealkylation sites (tertiary alicyclic amines) is 1. The molecule has 1 aromatic heterocycles. The molecule has 1 fully saturated rings. The van der Waals surface area contributed by atoms with Gasteiger partial charge in [0.25, 0.3) is 0 Å². The van der Waals surface area contributed by atoms with Crippen LogP contribution < -0.4 is 5.73 Å². The van der Waals surface area contributed by atoms with E-state index in [9.17, 15) is 0 Å². The summed E-state index contributed by atoms with van der Waals surface area (Å²) in [5.74, 6) is 0. The molecule has 2 N–H and O–H groups in total. The molecule has 1 aliphatic heterocycles. The van der Waals surface area contributed by atoms with Crippen molar-refractivity contribution in [1.82, 2.24) is 14.7 Å². The molecular weight excluding hydrogens is 256 g/mol. The fourth-order valence-corrected chi connectivity index (χ4v) is 2.87. The van der Waals surface area contributed by atoms with E-state index in [2.05, 4.69) is 40.8 Å². The summed E-state index contributed by atoms with van der Waals surface area (Å²) in [6.45, 7) is 6.29. The minimum absolute atomic E-state index is 0.248.